The predicted octanol–water partition coefficient (Wildman–Crippen LogP) is 2.40. The lowest BCUT2D eigenvalue weighted by molar-refractivity contribution is -0.235. The fraction of sp³-hybridized carbons (Fsp3) is 0.467. The number of aryl methyl sites for hydroxylation is 1. The van der Waals surface area contributed by atoms with Gasteiger partial charge in [-0.25, -0.2) is 0 Å². The van der Waals surface area contributed by atoms with Gasteiger partial charge in [0.15, 0.2) is 0 Å². The molecule has 8 heteroatoms. The summed E-state index contributed by atoms with van der Waals surface area (Å²) >= 11 is 0. The van der Waals surface area contributed by atoms with Gasteiger partial charge in [-0.1, -0.05) is 6.07 Å². The number of phenolic OH excluding ortho intramolecular Hbond substituents is 1. The second-order valence-corrected chi connectivity index (χ2v) is 5.16. The van der Waals surface area contributed by atoms with Crippen molar-refractivity contribution in [2.24, 2.45) is 5.92 Å². The molecule has 0 saturated carbocycles. The van der Waals surface area contributed by atoms with Gasteiger partial charge in [0, 0.05) is 7.05 Å². The van der Waals surface area contributed by atoms with E-state index >= 15 is 0 Å². The molecule has 0 aliphatic carbocycles. The minimum absolute atomic E-state index is 0.00880. The summed E-state index contributed by atoms with van der Waals surface area (Å²) in [4.78, 5) is 23.1. The molecule has 0 saturated heterocycles. The number of nitrogens with zero attached hydrogens (tertiary/aromatic N) is 1. The molecule has 0 fully saturated rings. The zero-order chi connectivity index (χ0) is 17.8. The van der Waals surface area contributed by atoms with Crippen molar-refractivity contribution in [3.05, 3.63) is 29.3 Å². The Morgan fingerprint density at radius 2 is 1.96 bits per heavy atom. The molecule has 0 aliphatic heterocycles. The van der Waals surface area contributed by atoms with Crippen LogP contribution in [0.3, 0.4) is 0 Å². The molecule has 0 spiro atoms. The quantitative estimate of drug-likeness (QED) is 0.664. The Hall–Kier alpha value is -2.25. The molecule has 1 rings (SSSR count). The first-order valence-corrected chi connectivity index (χ1v) is 6.76. The fourth-order valence-electron chi connectivity index (χ4n) is 2.10. The number of phenols is 1. The molecule has 0 bridgehead atoms. The van der Waals surface area contributed by atoms with E-state index in [1.807, 2.05) is 0 Å². The minimum Gasteiger partial charge on any atom is -0.508 e. The highest BCUT2D eigenvalue weighted by Crippen LogP contribution is 2.26. The second kappa shape index (κ2) is 7.34. The van der Waals surface area contributed by atoms with Crippen LogP contribution in [-0.2, 0) is 20.7 Å². The zero-order valence-electron chi connectivity index (χ0n) is 13.0. The maximum absolute atomic E-state index is 12.7. The smallest absolute Gasteiger partial charge is 0.486 e. The highest BCUT2D eigenvalue weighted by Gasteiger charge is 2.41. The van der Waals surface area contributed by atoms with Gasteiger partial charge < -0.3 is 9.84 Å². The van der Waals surface area contributed by atoms with Crippen molar-refractivity contribution >= 4 is 11.9 Å². The third-order valence-corrected chi connectivity index (χ3v) is 3.49. The molecule has 1 atom stereocenters. The van der Waals surface area contributed by atoms with Crippen molar-refractivity contribution in [2.45, 2.75) is 26.1 Å². The van der Waals surface area contributed by atoms with E-state index in [0.717, 1.165) is 7.11 Å². The number of alkyl halides is 3. The molecule has 5 nitrogen and oxygen atoms in total. The Labute approximate surface area is 131 Å². The third-order valence-electron chi connectivity index (χ3n) is 3.49. The lowest BCUT2D eigenvalue weighted by Gasteiger charge is -2.25. The van der Waals surface area contributed by atoms with Crippen LogP contribution in [0.25, 0.3) is 0 Å². The van der Waals surface area contributed by atoms with Crippen LogP contribution in [-0.4, -0.2) is 42.3 Å². The molecular formula is C15H18F3NO4. The number of carbonyl (C=O) groups is 2. The molecule has 128 valence electrons. The summed E-state index contributed by atoms with van der Waals surface area (Å²) in [6, 6.07) is 4.31. The van der Waals surface area contributed by atoms with Crippen LogP contribution in [0.2, 0.25) is 0 Å². The van der Waals surface area contributed by atoms with Gasteiger partial charge in [-0.2, -0.15) is 0 Å². The molecule has 0 aromatic heterocycles. The van der Waals surface area contributed by atoms with Gasteiger partial charge >= 0.3 is 12.3 Å². The van der Waals surface area contributed by atoms with Gasteiger partial charge in [0.2, 0.25) is 5.91 Å². The van der Waals surface area contributed by atoms with Crippen LogP contribution < -0.4 is 0 Å². The van der Waals surface area contributed by atoms with Crippen molar-refractivity contribution in [3.8, 4) is 5.75 Å². The number of aromatic hydroxyl groups is 1. The van der Waals surface area contributed by atoms with Gasteiger partial charge in [-0.3, -0.25) is 14.5 Å². The average molecular weight is 333 g/mol. The number of methoxy groups -OCH3 is 1. The van der Waals surface area contributed by atoms with E-state index in [0.29, 0.717) is 18.2 Å². The molecular weight excluding hydrogens is 315 g/mol. The number of amides is 1. The molecule has 1 aromatic carbocycles. The molecule has 1 amide bonds. The van der Waals surface area contributed by atoms with Crippen LogP contribution >= 0.6 is 0 Å². The van der Waals surface area contributed by atoms with Crippen molar-refractivity contribution in [1.29, 1.82) is 0 Å². The molecule has 0 aliphatic rings. The van der Waals surface area contributed by atoms with Crippen molar-refractivity contribution in [1.82, 2.24) is 4.90 Å². The van der Waals surface area contributed by atoms with Crippen molar-refractivity contribution in [3.63, 3.8) is 0 Å². The van der Waals surface area contributed by atoms with E-state index in [1.165, 1.54) is 18.2 Å². The number of carbonyl (C=O) groups excluding carboxylic acids is 2. The van der Waals surface area contributed by atoms with Gasteiger partial charge in [0.25, 0.3) is 0 Å². The van der Waals surface area contributed by atoms with Crippen molar-refractivity contribution < 1.29 is 32.6 Å². The number of hydrogen-bond donors (Lipinski definition) is 1. The number of ether oxygens (including phenoxy) is 1. The van der Waals surface area contributed by atoms with Crippen LogP contribution in [0.5, 0.6) is 5.75 Å². The first-order valence-electron chi connectivity index (χ1n) is 6.76. The van der Waals surface area contributed by atoms with Crippen molar-refractivity contribution in [2.75, 3.05) is 14.2 Å². The maximum Gasteiger partial charge on any atom is 0.486 e. The average Bonchev–Trinajstić information content (AvgIpc) is 2.46. The van der Waals surface area contributed by atoms with E-state index in [4.69, 9.17) is 0 Å². The van der Waals surface area contributed by atoms with Crippen LogP contribution in [0.15, 0.2) is 18.2 Å². The highest BCUT2D eigenvalue weighted by molar-refractivity contribution is 5.84. The van der Waals surface area contributed by atoms with Crippen LogP contribution in [0, 0.1) is 12.8 Å². The summed E-state index contributed by atoms with van der Waals surface area (Å²) in [5.41, 5.74) is 1.18. The lowest BCUT2D eigenvalue weighted by atomic mass is 9.92. The van der Waals surface area contributed by atoms with E-state index < -0.39 is 30.5 Å². The van der Waals surface area contributed by atoms with E-state index in [1.54, 1.807) is 6.92 Å². The SMILES string of the molecule is COC(=O)C[C@H](Cc1ccc(O)cc1C)C(=O)N(C)C(F)(F)F. The van der Waals surface area contributed by atoms with Crippen LogP contribution in [0.1, 0.15) is 17.5 Å². The monoisotopic (exact) mass is 333 g/mol. The Balaban J connectivity index is 3.05. The molecule has 1 aromatic rings. The number of hydrogen-bond acceptors (Lipinski definition) is 4. The van der Waals surface area contributed by atoms with Gasteiger partial charge in [-0.15, -0.1) is 13.2 Å². The van der Waals surface area contributed by atoms with Gasteiger partial charge in [0.1, 0.15) is 5.75 Å². The Bertz CT molecular complexity index is 587. The number of benzene rings is 1. The summed E-state index contributed by atoms with van der Waals surface area (Å²) in [5.74, 6) is -3.18. The Morgan fingerprint density at radius 3 is 2.43 bits per heavy atom. The zero-order valence-corrected chi connectivity index (χ0v) is 13.0. The predicted molar refractivity (Wildman–Crippen MR) is 75.5 cm³/mol. The Kier molecular flexibility index (Phi) is 6.00. The first-order chi connectivity index (χ1) is 10.6. The summed E-state index contributed by atoms with van der Waals surface area (Å²) in [6.45, 7) is 1.65. The molecule has 0 unspecified atom stereocenters. The van der Waals surface area contributed by atoms with E-state index in [9.17, 15) is 27.9 Å². The fourth-order valence-corrected chi connectivity index (χ4v) is 2.10. The number of rotatable bonds is 5. The Morgan fingerprint density at radius 1 is 1.35 bits per heavy atom. The standard InChI is InChI=1S/C15H18F3NO4/c1-9-6-12(20)5-4-10(9)7-11(8-13(21)23-3)14(22)19(2)15(16,17)18/h4-6,11,20H,7-8H2,1-3H3/t11-/m0/s1. The molecule has 1 N–H and O–H groups in total. The normalized spacial score (nSPS) is 12.6. The third kappa shape index (κ3) is 5.15. The maximum atomic E-state index is 12.7. The highest BCUT2D eigenvalue weighted by atomic mass is 19.4. The summed E-state index contributed by atoms with van der Waals surface area (Å²) < 4.78 is 42.6. The van der Waals surface area contributed by atoms with Crippen LogP contribution in [0.4, 0.5) is 13.2 Å². The first kappa shape index (κ1) is 18.8. The topological polar surface area (TPSA) is 66.8 Å². The molecule has 0 heterocycles. The van der Waals surface area contributed by atoms with Gasteiger partial charge in [0.05, 0.1) is 19.4 Å². The van der Waals surface area contributed by atoms with Gasteiger partial charge in [-0.05, 0) is 36.6 Å². The van der Waals surface area contributed by atoms with E-state index in [2.05, 4.69) is 4.74 Å². The molecule has 23 heavy (non-hydrogen) atoms. The minimum atomic E-state index is -4.82. The summed E-state index contributed by atoms with van der Waals surface area (Å²) in [6.07, 6.45) is -5.36. The summed E-state index contributed by atoms with van der Waals surface area (Å²) in [7, 11) is 1.72. The number of halogens is 3. The summed E-state index contributed by atoms with van der Waals surface area (Å²) in [5, 5.41) is 9.36. The lowest BCUT2D eigenvalue weighted by Crippen LogP contribution is -2.44. The van der Waals surface area contributed by atoms with E-state index in [-0.39, 0.29) is 17.1 Å². The number of esters is 1. The second-order valence-electron chi connectivity index (χ2n) is 5.16. The largest absolute Gasteiger partial charge is 0.508 e. The molecule has 0 radical (unpaired) electrons.